The molecule has 1 heterocycles. The molecule has 0 amide bonds. The van der Waals surface area contributed by atoms with Crippen LogP contribution in [0.3, 0.4) is 0 Å². The van der Waals surface area contributed by atoms with E-state index in [1.807, 2.05) is 0 Å². The summed E-state index contributed by atoms with van der Waals surface area (Å²) in [5.74, 6) is 6.98. The van der Waals surface area contributed by atoms with Crippen LogP contribution in [0.1, 0.15) is 250 Å². The average Bonchev–Trinajstić information content (AvgIpc) is 3.60. The number of aliphatic hydroxyl groups excluding tert-OH is 8. The second-order valence-corrected chi connectivity index (χ2v) is 29.2. The van der Waals surface area contributed by atoms with Gasteiger partial charge in [-0.15, -0.1) is 0 Å². The quantitative estimate of drug-likeness (QED) is 0.0203. The monoisotopic (exact) mass is 1200 g/mol. The van der Waals surface area contributed by atoms with Gasteiger partial charge in [0.15, 0.2) is 6.29 Å². The first kappa shape index (κ1) is 77.7. The highest BCUT2D eigenvalue weighted by atomic mass is 31.2. The van der Waals surface area contributed by atoms with Crippen molar-refractivity contribution in [3.63, 3.8) is 0 Å². The highest BCUT2D eigenvalue weighted by Gasteiger charge is 2.55. The molecule has 82 heavy (non-hydrogen) atoms. The van der Waals surface area contributed by atoms with Gasteiger partial charge in [-0.05, 0) is 72.0 Å². The fourth-order valence-electron chi connectivity index (χ4n) is 12.0. The molecule has 490 valence electrons. The Morgan fingerprint density at radius 2 is 0.732 bits per heavy atom. The van der Waals surface area contributed by atoms with Gasteiger partial charge in [0.25, 0.3) is 0 Å². The van der Waals surface area contributed by atoms with Crippen LogP contribution in [-0.4, -0.2) is 152 Å². The summed E-state index contributed by atoms with van der Waals surface area (Å²) in [6, 6.07) is 0. The molecule has 2 rings (SSSR count). The van der Waals surface area contributed by atoms with E-state index in [0.29, 0.717) is 36.9 Å². The van der Waals surface area contributed by atoms with E-state index in [-0.39, 0.29) is 6.61 Å². The lowest BCUT2D eigenvalue weighted by atomic mass is 9.84. The van der Waals surface area contributed by atoms with Gasteiger partial charge < -0.3 is 64.7 Å². The van der Waals surface area contributed by atoms with Crippen molar-refractivity contribution in [1.82, 2.24) is 0 Å². The molecule has 1 saturated carbocycles. The normalized spacial score (nSPS) is 28.6. The molecule has 1 aliphatic carbocycles. The Kier molecular flexibility index (Phi) is 41.1. The Balaban J connectivity index is 1.92. The van der Waals surface area contributed by atoms with Crippen LogP contribution in [0.15, 0.2) is 0 Å². The number of rotatable bonds is 49. The maximum atomic E-state index is 13.7. The zero-order valence-electron chi connectivity index (χ0n) is 54.0. The Hall–Kier alpha value is -0.370. The first-order valence-corrected chi connectivity index (χ1v) is 34.8. The number of hydrogen-bond donors (Lipinski definition) is 9. The molecular formula is C65H129O16P. The van der Waals surface area contributed by atoms with Gasteiger partial charge in [-0.1, -0.05) is 237 Å². The predicted octanol–water partition coefficient (Wildman–Crippen LogP) is 12.1. The van der Waals surface area contributed by atoms with Gasteiger partial charge in [-0.2, -0.15) is 0 Å². The lowest BCUT2D eigenvalue weighted by molar-refractivity contribution is -0.338. The van der Waals surface area contributed by atoms with E-state index < -0.39 is 94.5 Å². The molecule has 1 aliphatic heterocycles. The topological polar surface area (TPSA) is 255 Å². The smallest absolute Gasteiger partial charge is 0.394 e. The Labute approximate surface area is 499 Å². The Morgan fingerprint density at radius 3 is 1.10 bits per heavy atom. The van der Waals surface area contributed by atoms with Gasteiger partial charge in [-0.3, -0.25) is 9.05 Å². The summed E-state index contributed by atoms with van der Waals surface area (Å²) in [6.07, 6.45) is 10.1. The van der Waals surface area contributed by atoms with Crippen LogP contribution in [0, 0.1) is 59.2 Å². The van der Waals surface area contributed by atoms with Crippen molar-refractivity contribution in [1.29, 1.82) is 0 Å². The summed E-state index contributed by atoms with van der Waals surface area (Å²) in [7, 11) is -5.19. The Bertz CT molecular complexity index is 1600. The molecule has 0 aromatic rings. The third-order valence-electron chi connectivity index (χ3n) is 18.2. The molecule has 9 N–H and O–H groups in total. The molecular weight excluding hydrogens is 1070 g/mol. The molecule has 15 unspecified atom stereocenters. The van der Waals surface area contributed by atoms with Gasteiger partial charge in [0.05, 0.1) is 19.8 Å². The molecule has 21 atom stereocenters. The molecule has 0 aromatic carbocycles. The van der Waals surface area contributed by atoms with Crippen molar-refractivity contribution in [3.05, 3.63) is 0 Å². The molecule has 0 spiro atoms. The fraction of sp³-hybridized carbons (Fsp3) is 1.00. The molecule has 1 saturated heterocycles. The van der Waals surface area contributed by atoms with Crippen LogP contribution in [0.4, 0.5) is 0 Å². The van der Waals surface area contributed by atoms with Gasteiger partial charge in [0.1, 0.15) is 67.1 Å². The lowest BCUT2D eigenvalue weighted by Gasteiger charge is -2.47. The number of hydrogen-bond acceptors (Lipinski definition) is 15. The van der Waals surface area contributed by atoms with Gasteiger partial charge in [0, 0.05) is 13.2 Å². The summed E-state index contributed by atoms with van der Waals surface area (Å²) >= 11 is 0. The van der Waals surface area contributed by atoms with Crippen LogP contribution in [0.5, 0.6) is 0 Å². The fourth-order valence-corrected chi connectivity index (χ4v) is 13.0. The highest BCUT2D eigenvalue weighted by Crippen LogP contribution is 2.48. The lowest BCUT2D eigenvalue weighted by Crippen LogP contribution is -2.67. The van der Waals surface area contributed by atoms with Crippen molar-refractivity contribution in [2.24, 2.45) is 59.2 Å². The molecule has 2 aliphatic rings. The summed E-state index contributed by atoms with van der Waals surface area (Å²) in [4.78, 5) is 11.1. The van der Waals surface area contributed by atoms with E-state index >= 15 is 0 Å². The molecule has 2 fully saturated rings. The second-order valence-electron chi connectivity index (χ2n) is 27.8. The van der Waals surface area contributed by atoms with Crippen LogP contribution < -0.4 is 0 Å². The molecule has 0 radical (unpaired) electrons. The Morgan fingerprint density at radius 1 is 0.402 bits per heavy atom. The molecule has 16 nitrogen and oxygen atoms in total. The predicted molar refractivity (Wildman–Crippen MR) is 327 cm³/mol. The second kappa shape index (κ2) is 43.3. The molecule has 0 bridgehead atoms. The molecule has 17 heteroatoms. The zero-order chi connectivity index (χ0) is 61.4. The summed E-state index contributed by atoms with van der Waals surface area (Å²) in [6.45, 7) is 27.7. The summed E-state index contributed by atoms with van der Waals surface area (Å²) in [5, 5.41) is 84.0. The number of phosphoric acid groups is 1. The van der Waals surface area contributed by atoms with Crippen LogP contribution in [-0.2, 0) is 32.6 Å². The van der Waals surface area contributed by atoms with E-state index in [2.05, 4.69) is 83.1 Å². The van der Waals surface area contributed by atoms with Crippen molar-refractivity contribution in [2.45, 2.75) is 323 Å². The molecule has 0 aromatic heterocycles. The highest BCUT2D eigenvalue weighted by molar-refractivity contribution is 7.47. The first-order valence-electron chi connectivity index (χ1n) is 33.3. The minimum Gasteiger partial charge on any atom is -0.394 e. The van der Waals surface area contributed by atoms with Crippen molar-refractivity contribution in [3.8, 4) is 0 Å². The first-order chi connectivity index (χ1) is 38.7. The maximum absolute atomic E-state index is 13.7. The maximum Gasteiger partial charge on any atom is 0.472 e. The van der Waals surface area contributed by atoms with Crippen molar-refractivity contribution >= 4 is 7.82 Å². The third-order valence-corrected chi connectivity index (χ3v) is 19.2. The van der Waals surface area contributed by atoms with Crippen LogP contribution in [0.25, 0.3) is 0 Å². The van der Waals surface area contributed by atoms with Crippen LogP contribution >= 0.6 is 7.82 Å². The van der Waals surface area contributed by atoms with Crippen LogP contribution in [0.2, 0.25) is 0 Å². The van der Waals surface area contributed by atoms with Gasteiger partial charge >= 0.3 is 7.82 Å². The van der Waals surface area contributed by atoms with Crippen molar-refractivity contribution < 1.29 is 78.3 Å². The standard InChI is InChI=1S/C65H129O16P/c1-44(2)21-13-23-46(5)25-15-27-48(7)29-17-31-50(9)33-19-35-52(11)37-39-76-42-54(77-40-38-53(12)36-20-34-51(10)32-18-30-49(8)28-16-26-47(6)24-14-22-45(3)4)43-78-82(74,75)81-64-61(72)59(70)58(69)60(71)63(64)80-65-62(73)57(68)56(67)55(41-66)79-65/h44-73H,13-43H2,1-12H3,(H,74,75)/t46?,47?,48?,49?,50?,51?,52?,53?,54-,55-,56-,57?,58?,59?,60-,61?,62?,63?,64+,65+/m1/s1. The summed E-state index contributed by atoms with van der Waals surface area (Å²) in [5.41, 5.74) is 0. The van der Waals surface area contributed by atoms with E-state index in [1.54, 1.807) is 0 Å². The minimum absolute atomic E-state index is 0.0557. The average molecular weight is 1200 g/mol. The van der Waals surface area contributed by atoms with Gasteiger partial charge in [-0.25, -0.2) is 4.57 Å². The minimum atomic E-state index is -5.19. The number of ether oxygens (including phenoxy) is 4. The van der Waals surface area contributed by atoms with Crippen molar-refractivity contribution in [2.75, 3.05) is 33.0 Å². The van der Waals surface area contributed by atoms with E-state index in [9.17, 15) is 50.3 Å². The summed E-state index contributed by atoms with van der Waals surface area (Å²) < 4.78 is 47.9. The third kappa shape index (κ3) is 33.3. The zero-order valence-corrected chi connectivity index (χ0v) is 54.8. The van der Waals surface area contributed by atoms with Gasteiger partial charge in [0.2, 0.25) is 0 Å². The number of phosphoric ester groups is 1. The van der Waals surface area contributed by atoms with E-state index in [1.165, 1.54) is 128 Å². The largest absolute Gasteiger partial charge is 0.472 e. The van der Waals surface area contributed by atoms with E-state index in [0.717, 1.165) is 74.0 Å². The number of aliphatic hydroxyl groups is 8. The SMILES string of the molecule is CC(C)CCCC(C)CCCC(C)CCCC(C)CCCC(C)CCOC[C@H](COP(=O)(O)O[C@H]1C(O)C(O)C(O)[C@@H](O)C1O[C@@H]1O[C@H](CO)[C@@H](O)C(O)C1O)OCCC(C)CCCC(C)CCCC(C)CCCC(C)CCCC(C)C. The van der Waals surface area contributed by atoms with E-state index in [4.69, 9.17) is 28.0 Å².